The Morgan fingerprint density at radius 3 is 1.38 bits per heavy atom. The van der Waals surface area contributed by atoms with Crippen molar-refractivity contribution in [1.82, 2.24) is 4.98 Å². The Morgan fingerprint density at radius 2 is 0.860 bits per heavy atom. The van der Waals surface area contributed by atoms with Gasteiger partial charge in [0.2, 0.25) is 6.71 Å². The van der Waals surface area contributed by atoms with E-state index in [0.717, 1.165) is 51.4 Å². The average molecular weight is 1140 g/mol. The molecule has 0 aliphatic carbocycles. The molecule has 2 heterocycles. The lowest BCUT2D eigenvalue weighted by Gasteiger charge is -2.37. The van der Waals surface area contributed by atoms with Crippen LogP contribution in [0.1, 0.15) is 175 Å². The number of pyridine rings is 1. The highest BCUT2D eigenvalue weighted by atomic mass is 16.5. The normalized spacial score (nSPS) is 13.1. The third kappa shape index (κ3) is 12.8. The molecule has 0 fully saturated rings. The Morgan fingerprint density at radius 1 is 0.395 bits per heavy atom. The topological polar surface area (TPSA) is 49.4 Å². The second-order valence-corrected chi connectivity index (χ2v) is 30.7. The van der Waals surface area contributed by atoms with Gasteiger partial charge < -0.3 is 15.4 Å². The number of fused-ring (bicyclic) bond motifs is 2. The lowest BCUT2D eigenvalue weighted by Crippen LogP contribution is -2.58. The first-order valence-corrected chi connectivity index (χ1v) is 31.1. The number of para-hydroxylation sites is 3. The van der Waals surface area contributed by atoms with Gasteiger partial charge in [0.1, 0.15) is 17.3 Å². The molecule has 0 radical (unpaired) electrons. The van der Waals surface area contributed by atoms with Gasteiger partial charge >= 0.3 is 0 Å². The maximum Gasteiger partial charge on any atom is 0.247 e. The summed E-state index contributed by atoms with van der Waals surface area (Å²) in [6, 6.07) is 61.0. The van der Waals surface area contributed by atoms with Crippen molar-refractivity contribution < 1.29 is 4.74 Å². The molecule has 442 valence electrons. The standard InChI is InChI=1S/C80H93BN4O/c1-50-37-51(2)73(52(3)38-50)81-66-29-22-25-32-70(66)85(72-47-55(35-36-82-72)75(4,5)6)71-49-63(33-34-67(71)81)86-62-28-26-27-61(48-62)83-68-30-23-24-31-69(68)84-74-64(53-39-56(76(7,8)9)43-57(40-53)77(10,11)12)45-60(80(19,20)21)46-65(74)54-41-58(78(13,14)15)44-59(42-54)79(16,17)18/h22-49,83-84H,1-21H3. The maximum atomic E-state index is 7.00. The molecule has 86 heavy (non-hydrogen) atoms. The van der Waals surface area contributed by atoms with Crippen molar-refractivity contribution in [3.8, 4) is 33.8 Å². The summed E-state index contributed by atoms with van der Waals surface area (Å²) < 4.78 is 7.00. The van der Waals surface area contributed by atoms with E-state index in [9.17, 15) is 0 Å². The summed E-state index contributed by atoms with van der Waals surface area (Å²) >= 11 is 0. The fourth-order valence-corrected chi connectivity index (χ4v) is 12.2. The van der Waals surface area contributed by atoms with Gasteiger partial charge in [-0.3, -0.25) is 4.90 Å². The third-order valence-electron chi connectivity index (χ3n) is 17.4. The molecule has 8 aromatic carbocycles. The third-order valence-corrected chi connectivity index (χ3v) is 17.4. The molecule has 5 nitrogen and oxygen atoms in total. The lowest BCUT2D eigenvalue weighted by atomic mass is 9.34. The fourth-order valence-electron chi connectivity index (χ4n) is 12.2. The van der Waals surface area contributed by atoms with E-state index < -0.39 is 0 Å². The summed E-state index contributed by atoms with van der Waals surface area (Å²) in [6.45, 7) is 48.5. The Labute approximate surface area is 517 Å². The van der Waals surface area contributed by atoms with E-state index in [1.54, 1.807) is 0 Å². The summed E-state index contributed by atoms with van der Waals surface area (Å²) in [5.41, 5.74) is 25.7. The highest BCUT2D eigenvalue weighted by Gasteiger charge is 2.38. The molecule has 1 aromatic heterocycles. The minimum atomic E-state index is -0.140. The first kappa shape index (κ1) is 61.3. The van der Waals surface area contributed by atoms with Gasteiger partial charge in [0.25, 0.3) is 0 Å². The van der Waals surface area contributed by atoms with Crippen molar-refractivity contribution in [3.63, 3.8) is 0 Å². The Bertz CT molecular complexity index is 3840. The molecule has 0 atom stereocenters. The van der Waals surface area contributed by atoms with Gasteiger partial charge in [0.05, 0.1) is 17.1 Å². The predicted octanol–water partition coefficient (Wildman–Crippen LogP) is 20.7. The molecule has 1 aliphatic heterocycles. The van der Waals surface area contributed by atoms with Crippen LogP contribution in [0, 0.1) is 20.8 Å². The van der Waals surface area contributed by atoms with Crippen LogP contribution in [0.3, 0.4) is 0 Å². The zero-order valence-corrected chi connectivity index (χ0v) is 55.5. The second kappa shape index (κ2) is 22.5. The number of ether oxygens (including phenoxy) is 1. The second-order valence-electron chi connectivity index (χ2n) is 30.7. The number of benzene rings is 8. The van der Waals surface area contributed by atoms with Crippen molar-refractivity contribution in [3.05, 3.63) is 220 Å². The van der Waals surface area contributed by atoms with Crippen LogP contribution in [0.2, 0.25) is 0 Å². The molecule has 10 rings (SSSR count). The number of hydrogen-bond donors (Lipinski definition) is 2. The average Bonchev–Trinajstić information content (AvgIpc) is 0.837. The van der Waals surface area contributed by atoms with E-state index in [0.29, 0.717) is 0 Å². The molecule has 0 saturated heterocycles. The Balaban J connectivity index is 1.09. The van der Waals surface area contributed by atoms with Gasteiger partial charge in [0, 0.05) is 46.5 Å². The minimum absolute atomic E-state index is 0.00640. The van der Waals surface area contributed by atoms with Gasteiger partial charge in [-0.25, -0.2) is 4.98 Å². The summed E-state index contributed by atoms with van der Waals surface area (Å²) in [4.78, 5) is 7.43. The van der Waals surface area contributed by atoms with Crippen molar-refractivity contribution in [2.45, 2.75) is 178 Å². The van der Waals surface area contributed by atoms with Crippen LogP contribution >= 0.6 is 0 Å². The Hall–Kier alpha value is -7.83. The van der Waals surface area contributed by atoms with E-state index in [1.807, 2.05) is 12.3 Å². The van der Waals surface area contributed by atoms with Crippen molar-refractivity contribution in [2.24, 2.45) is 0 Å². The van der Waals surface area contributed by atoms with Gasteiger partial charge in [-0.1, -0.05) is 238 Å². The summed E-state index contributed by atoms with van der Waals surface area (Å²) in [6.07, 6.45) is 1.95. The summed E-state index contributed by atoms with van der Waals surface area (Å²) in [5, 5.41) is 8.05. The number of nitrogens with zero attached hydrogens (tertiary/aromatic N) is 2. The van der Waals surface area contributed by atoms with Crippen LogP contribution in [-0.4, -0.2) is 11.7 Å². The Kier molecular flexibility index (Phi) is 16.0. The molecule has 9 aromatic rings. The van der Waals surface area contributed by atoms with Gasteiger partial charge in [0.15, 0.2) is 0 Å². The number of aryl methyl sites for hydroxylation is 3. The van der Waals surface area contributed by atoms with E-state index in [1.165, 1.54) is 88.7 Å². The van der Waals surface area contributed by atoms with Crippen LogP contribution in [0.25, 0.3) is 22.3 Å². The molecule has 0 spiro atoms. The molecule has 0 amide bonds. The van der Waals surface area contributed by atoms with E-state index in [2.05, 4.69) is 319 Å². The smallest absolute Gasteiger partial charge is 0.247 e. The van der Waals surface area contributed by atoms with Crippen molar-refractivity contribution in [2.75, 3.05) is 15.5 Å². The fraction of sp³-hybridized carbons (Fsp3) is 0.338. The highest BCUT2D eigenvalue weighted by Crippen LogP contribution is 2.48. The van der Waals surface area contributed by atoms with Gasteiger partial charge in [-0.2, -0.15) is 0 Å². The monoisotopic (exact) mass is 1140 g/mol. The first-order valence-electron chi connectivity index (χ1n) is 31.1. The lowest BCUT2D eigenvalue weighted by molar-refractivity contribution is 0.483. The van der Waals surface area contributed by atoms with Crippen LogP contribution in [0.4, 0.5) is 39.9 Å². The number of hydrogen-bond acceptors (Lipinski definition) is 5. The maximum absolute atomic E-state index is 7.00. The number of nitrogens with one attached hydrogen (secondary N) is 2. The highest BCUT2D eigenvalue weighted by molar-refractivity contribution is 6.98. The molecule has 2 N–H and O–H groups in total. The SMILES string of the molecule is Cc1cc(C)c(B2c3ccccc3N(c3cc(C(C)(C)C)ccn3)c3cc(Oc4cccc(Nc5ccccc5Nc5c(-c6cc(C(C)(C)C)cc(C(C)(C)C)c6)cc(C(C)(C)C)cc5-c5cc(C(C)(C)C)cc(C(C)(C)C)c5)c4)ccc32)c(C)c1. The van der Waals surface area contributed by atoms with E-state index in [4.69, 9.17) is 9.72 Å². The summed E-state index contributed by atoms with van der Waals surface area (Å²) in [5.74, 6) is 2.34. The van der Waals surface area contributed by atoms with E-state index in [-0.39, 0.29) is 39.2 Å². The molecule has 1 aliphatic rings. The number of rotatable bonds is 10. The molecule has 0 bridgehead atoms. The van der Waals surface area contributed by atoms with Crippen molar-refractivity contribution >= 4 is 63.0 Å². The zero-order chi connectivity index (χ0) is 62.2. The van der Waals surface area contributed by atoms with Crippen LogP contribution in [0.15, 0.2) is 170 Å². The van der Waals surface area contributed by atoms with Gasteiger partial charge in [-0.05, 0) is 169 Å². The van der Waals surface area contributed by atoms with Crippen molar-refractivity contribution in [1.29, 1.82) is 0 Å². The quantitative estimate of drug-likeness (QED) is 0.134. The number of aromatic nitrogens is 1. The minimum Gasteiger partial charge on any atom is -0.457 e. The molecule has 0 saturated carbocycles. The predicted molar refractivity (Wildman–Crippen MR) is 373 cm³/mol. The first-order chi connectivity index (χ1) is 40.1. The van der Waals surface area contributed by atoms with Crippen LogP contribution in [-0.2, 0) is 32.5 Å². The molecule has 0 unspecified atom stereocenters. The molecular weight excluding hydrogens is 1040 g/mol. The largest absolute Gasteiger partial charge is 0.457 e. The van der Waals surface area contributed by atoms with Gasteiger partial charge in [-0.15, -0.1) is 0 Å². The summed E-state index contributed by atoms with van der Waals surface area (Å²) in [7, 11) is 0. The van der Waals surface area contributed by atoms with E-state index >= 15 is 0 Å². The van der Waals surface area contributed by atoms with Crippen LogP contribution < -0.4 is 36.7 Å². The number of anilines is 7. The zero-order valence-electron chi connectivity index (χ0n) is 55.5. The van der Waals surface area contributed by atoms with Crippen LogP contribution in [0.5, 0.6) is 11.5 Å². The molecule has 6 heteroatoms. The molecular formula is C80H93BN4O.